The number of nitrogens with zero attached hydrogens (tertiary/aromatic N) is 1. The van der Waals surface area contributed by atoms with Crippen molar-refractivity contribution in [2.24, 2.45) is 11.8 Å². The second kappa shape index (κ2) is 8.45. The molecule has 0 unspecified atom stereocenters. The van der Waals surface area contributed by atoms with Gasteiger partial charge in [-0.25, -0.2) is 8.42 Å². The molecule has 1 saturated heterocycles. The molecule has 1 heterocycles. The van der Waals surface area contributed by atoms with Gasteiger partial charge in [0.15, 0.2) is 0 Å². The van der Waals surface area contributed by atoms with Gasteiger partial charge in [0.1, 0.15) is 0 Å². The lowest BCUT2D eigenvalue weighted by Gasteiger charge is -2.27. The lowest BCUT2D eigenvalue weighted by atomic mass is 9.82. The van der Waals surface area contributed by atoms with E-state index in [1.54, 1.807) is 25.1 Å². The van der Waals surface area contributed by atoms with Crippen LogP contribution in [0.3, 0.4) is 0 Å². The number of carboxylic acids is 1. The van der Waals surface area contributed by atoms with Gasteiger partial charge in [0.05, 0.1) is 16.7 Å². The van der Waals surface area contributed by atoms with Crippen molar-refractivity contribution in [1.29, 1.82) is 0 Å². The number of sulfonamides is 1. The third kappa shape index (κ3) is 4.28. The van der Waals surface area contributed by atoms with Crippen LogP contribution in [-0.4, -0.2) is 42.8 Å². The van der Waals surface area contributed by atoms with E-state index in [1.165, 1.54) is 10.4 Å². The molecule has 2 atom stereocenters. The van der Waals surface area contributed by atoms with Gasteiger partial charge in [0.2, 0.25) is 15.9 Å². The quantitative estimate of drug-likeness (QED) is 0.732. The Morgan fingerprint density at radius 2 is 1.71 bits per heavy atom. The van der Waals surface area contributed by atoms with Gasteiger partial charge in [-0.3, -0.25) is 9.59 Å². The van der Waals surface area contributed by atoms with E-state index in [2.05, 4.69) is 5.32 Å². The molecule has 3 rings (SSSR count). The van der Waals surface area contributed by atoms with Gasteiger partial charge in [-0.1, -0.05) is 24.6 Å². The maximum Gasteiger partial charge on any atom is 0.307 e. The number of aryl methyl sites for hydroxylation is 1. The van der Waals surface area contributed by atoms with E-state index in [1.807, 2.05) is 6.08 Å². The number of hydrogen-bond acceptors (Lipinski definition) is 4. The molecule has 0 spiro atoms. The van der Waals surface area contributed by atoms with Crippen LogP contribution in [0.5, 0.6) is 0 Å². The van der Waals surface area contributed by atoms with Crippen LogP contribution in [0.15, 0.2) is 35.2 Å². The summed E-state index contributed by atoms with van der Waals surface area (Å²) in [4.78, 5) is 24.3. The average Bonchev–Trinajstić information content (AvgIpc) is 2.70. The zero-order chi connectivity index (χ0) is 20.3. The van der Waals surface area contributed by atoms with Crippen LogP contribution in [0.4, 0.5) is 5.69 Å². The summed E-state index contributed by atoms with van der Waals surface area (Å²) in [6.07, 6.45) is 6.98. The number of piperidine rings is 1. The van der Waals surface area contributed by atoms with E-state index in [0.29, 0.717) is 37.2 Å². The van der Waals surface area contributed by atoms with Crippen molar-refractivity contribution >= 4 is 27.6 Å². The molecule has 28 heavy (non-hydrogen) atoms. The predicted octanol–water partition coefficient (Wildman–Crippen LogP) is 2.78. The van der Waals surface area contributed by atoms with Crippen LogP contribution >= 0.6 is 0 Å². The van der Waals surface area contributed by atoms with Gasteiger partial charge < -0.3 is 10.4 Å². The molecule has 2 aliphatic rings. The molecule has 2 N–H and O–H groups in total. The van der Waals surface area contributed by atoms with E-state index in [-0.39, 0.29) is 4.90 Å². The molecule has 1 fully saturated rings. The molecule has 152 valence electrons. The second-order valence-electron chi connectivity index (χ2n) is 7.43. The molecule has 0 aromatic heterocycles. The van der Waals surface area contributed by atoms with E-state index in [0.717, 1.165) is 19.3 Å². The Labute approximate surface area is 165 Å². The zero-order valence-corrected chi connectivity index (χ0v) is 16.7. The Kier molecular flexibility index (Phi) is 6.20. The Balaban J connectivity index is 1.82. The maximum absolute atomic E-state index is 13.0. The molecule has 1 amide bonds. The number of aliphatic carboxylic acids is 1. The van der Waals surface area contributed by atoms with Crippen LogP contribution < -0.4 is 5.32 Å². The molecular formula is C20H26N2O5S. The largest absolute Gasteiger partial charge is 0.481 e. The number of rotatable bonds is 5. The van der Waals surface area contributed by atoms with Gasteiger partial charge in [0, 0.05) is 18.8 Å². The van der Waals surface area contributed by atoms with E-state index < -0.39 is 33.7 Å². The number of amides is 1. The predicted molar refractivity (Wildman–Crippen MR) is 105 cm³/mol. The first-order chi connectivity index (χ1) is 13.3. The highest BCUT2D eigenvalue weighted by atomic mass is 32.2. The summed E-state index contributed by atoms with van der Waals surface area (Å²) in [7, 11) is -3.62. The molecule has 1 aromatic carbocycles. The van der Waals surface area contributed by atoms with Crippen molar-refractivity contribution in [2.75, 3.05) is 18.4 Å². The first-order valence-electron chi connectivity index (χ1n) is 9.60. The number of allylic oxidation sites excluding steroid dienone is 2. The Morgan fingerprint density at radius 3 is 2.36 bits per heavy atom. The Morgan fingerprint density at radius 1 is 1.07 bits per heavy atom. The summed E-state index contributed by atoms with van der Waals surface area (Å²) in [6, 6.07) is 4.80. The number of anilines is 1. The first-order valence-corrected chi connectivity index (χ1v) is 11.0. The highest BCUT2D eigenvalue weighted by molar-refractivity contribution is 7.89. The van der Waals surface area contributed by atoms with Crippen molar-refractivity contribution in [3.05, 3.63) is 35.9 Å². The van der Waals surface area contributed by atoms with E-state index >= 15 is 0 Å². The summed E-state index contributed by atoms with van der Waals surface area (Å²) >= 11 is 0. The van der Waals surface area contributed by atoms with Crippen molar-refractivity contribution in [3.63, 3.8) is 0 Å². The summed E-state index contributed by atoms with van der Waals surface area (Å²) in [6.45, 7) is 2.74. The summed E-state index contributed by atoms with van der Waals surface area (Å²) in [5, 5.41) is 12.1. The average molecular weight is 407 g/mol. The van der Waals surface area contributed by atoms with E-state index in [9.17, 15) is 23.1 Å². The fourth-order valence-electron chi connectivity index (χ4n) is 3.81. The first kappa shape index (κ1) is 20.5. The second-order valence-corrected chi connectivity index (χ2v) is 9.33. The third-order valence-electron chi connectivity index (χ3n) is 5.47. The lowest BCUT2D eigenvalue weighted by Crippen LogP contribution is -2.36. The third-order valence-corrected chi connectivity index (χ3v) is 7.52. The SMILES string of the molecule is Cc1ccc(NC(=O)[C@@H]2CC=CC[C@@H]2C(=O)O)cc1S(=O)(=O)N1CCCCC1. The molecular weight excluding hydrogens is 380 g/mol. The molecule has 0 saturated carbocycles. The van der Waals surface area contributed by atoms with Crippen LogP contribution in [0.25, 0.3) is 0 Å². The van der Waals surface area contributed by atoms with E-state index in [4.69, 9.17) is 0 Å². The fraction of sp³-hybridized carbons (Fsp3) is 0.500. The summed E-state index contributed by atoms with van der Waals surface area (Å²) in [5.41, 5.74) is 0.984. The standard InChI is InChI=1S/C20H26N2O5S/c1-14-9-10-15(13-18(14)28(26,27)22-11-5-2-6-12-22)21-19(23)16-7-3-4-8-17(16)20(24)25/h3-4,9-10,13,16-17H,2,5-8,11-12H2,1H3,(H,21,23)(H,24,25)/t16-,17+/m1/s1. The van der Waals surface area contributed by atoms with Gasteiger partial charge in [-0.2, -0.15) is 4.31 Å². The minimum Gasteiger partial charge on any atom is -0.481 e. The van der Waals surface area contributed by atoms with Crippen molar-refractivity contribution in [3.8, 4) is 0 Å². The van der Waals surface area contributed by atoms with Crippen molar-refractivity contribution in [1.82, 2.24) is 4.31 Å². The van der Waals surface area contributed by atoms with Gasteiger partial charge >= 0.3 is 5.97 Å². The molecule has 1 aliphatic carbocycles. The molecule has 1 aromatic rings. The van der Waals surface area contributed by atoms with Gasteiger partial charge in [-0.05, 0) is 50.3 Å². The van der Waals surface area contributed by atoms with Crippen LogP contribution in [0.1, 0.15) is 37.7 Å². The monoisotopic (exact) mass is 406 g/mol. The highest BCUT2D eigenvalue weighted by Gasteiger charge is 2.34. The molecule has 1 aliphatic heterocycles. The van der Waals surface area contributed by atoms with Gasteiger partial charge in [-0.15, -0.1) is 0 Å². The highest BCUT2D eigenvalue weighted by Crippen LogP contribution is 2.29. The smallest absolute Gasteiger partial charge is 0.307 e. The van der Waals surface area contributed by atoms with Crippen LogP contribution in [-0.2, 0) is 19.6 Å². The maximum atomic E-state index is 13.0. The van der Waals surface area contributed by atoms with Gasteiger partial charge in [0.25, 0.3) is 0 Å². The van der Waals surface area contributed by atoms with Crippen molar-refractivity contribution < 1.29 is 23.1 Å². The minimum absolute atomic E-state index is 0.186. The number of carbonyl (C=O) groups is 2. The normalized spacial score (nSPS) is 23.3. The molecule has 8 heteroatoms. The number of nitrogens with one attached hydrogen (secondary N) is 1. The summed E-state index contributed by atoms with van der Waals surface area (Å²) < 4.78 is 27.5. The number of benzene rings is 1. The number of carboxylic acid groups (broad SMARTS) is 1. The molecule has 0 bridgehead atoms. The molecule has 7 nitrogen and oxygen atoms in total. The summed E-state index contributed by atoms with van der Waals surface area (Å²) in [5.74, 6) is -2.85. The Hall–Kier alpha value is -2.19. The van der Waals surface area contributed by atoms with Crippen LogP contribution in [0, 0.1) is 18.8 Å². The lowest BCUT2D eigenvalue weighted by molar-refractivity contribution is -0.146. The topological polar surface area (TPSA) is 104 Å². The Bertz CT molecular complexity index is 888. The van der Waals surface area contributed by atoms with Crippen LogP contribution in [0.2, 0.25) is 0 Å². The van der Waals surface area contributed by atoms with Crippen molar-refractivity contribution in [2.45, 2.75) is 43.9 Å². The number of hydrogen-bond donors (Lipinski definition) is 2. The minimum atomic E-state index is -3.62. The fourth-order valence-corrected chi connectivity index (χ4v) is 5.58. The number of carbonyl (C=O) groups excluding carboxylic acids is 1. The zero-order valence-electron chi connectivity index (χ0n) is 15.9. The molecule has 0 radical (unpaired) electrons.